The number of fused-ring (bicyclic) bond motifs is 28. The first-order valence-electron chi connectivity index (χ1n) is 27.1. The SMILES string of the molecule is c1ccc2c(c1)Oc1ccccc1C21c2ccccc2-c2ccc(N(c3ccc4c(c3)C3(c5ccccc5Oc5ccccc53)c3ccccc3-4)c3ccc4c(c3)C3(c5ccccc5-c5ccccc53)c3ccccc3-4)cc21. The highest BCUT2D eigenvalue weighted by Gasteiger charge is 2.55. The van der Waals surface area contributed by atoms with E-state index in [1.54, 1.807) is 0 Å². The van der Waals surface area contributed by atoms with Crippen molar-refractivity contribution in [1.29, 1.82) is 0 Å². The number of hydrogen-bond donors (Lipinski definition) is 0. The third kappa shape index (κ3) is 5.01. The summed E-state index contributed by atoms with van der Waals surface area (Å²) in [4.78, 5) is 2.55. The zero-order chi connectivity index (χ0) is 50.9. The standard InChI is InChI=1S/C75H45NO2/c1-6-24-57-49(19-1)50-20-2-7-25-58(50)73(57)59-26-8-3-21-51(59)54-40-37-46(43-66(54)73)76(47-38-41-55-52-22-4-9-27-60(52)74(67(55)44-47)62-29-11-15-33-69(62)77-70-34-16-12-30-63(70)74)48-39-42-56-53-23-5-10-28-61(53)75(68(56)45-48)64-31-13-17-35-71(64)78-72-36-18-14-32-65(72)75/h1-45H. The van der Waals surface area contributed by atoms with Gasteiger partial charge >= 0.3 is 0 Å². The molecule has 362 valence electrons. The summed E-state index contributed by atoms with van der Waals surface area (Å²) in [6.07, 6.45) is 0. The summed E-state index contributed by atoms with van der Waals surface area (Å²) in [5.41, 5.74) is 26.2. The van der Waals surface area contributed by atoms with Gasteiger partial charge in [-0.25, -0.2) is 0 Å². The van der Waals surface area contributed by atoms with Gasteiger partial charge in [0.1, 0.15) is 23.0 Å². The molecule has 0 N–H and O–H groups in total. The van der Waals surface area contributed by atoms with Crippen LogP contribution in [0.1, 0.15) is 66.8 Å². The number of para-hydroxylation sites is 4. The van der Waals surface area contributed by atoms with Gasteiger partial charge < -0.3 is 14.4 Å². The van der Waals surface area contributed by atoms with Crippen LogP contribution >= 0.6 is 0 Å². The molecule has 78 heavy (non-hydrogen) atoms. The Kier molecular flexibility index (Phi) is 8.20. The molecule has 0 unspecified atom stereocenters. The molecule has 2 heterocycles. The van der Waals surface area contributed by atoms with Crippen molar-refractivity contribution >= 4 is 17.1 Å². The number of anilines is 3. The van der Waals surface area contributed by atoms with Crippen molar-refractivity contribution in [1.82, 2.24) is 0 Å². The van der Waals surface area contributed by atoms with E-state index in [9.17, 15) is 0 Å². The van der Waals surface area contributed by atoms with Crippen molar-refractivity contribution in [2.75, 3.05) is 4.90 Å². The number of benzene rings is 12. The smallest absolute Gasteiger partial charge is 0.132 e. The molecule has 0 aromatic heterocycles. The van der Waals surface area contributed by atoms with Gasteiger partial charge in [0.2, 0.25) is 0 Å². The Hall–Kier alpha value is -9.96. The first-order valence-corrected chi connectivity index (χ1v) is 27.1. The summed E-state index contributed by atoms with van der Waals surface area (Å²) in [5.74, 6) is 3.51. The molecule has 2 aliphatic heterocycles. The monoisotopic (exact) mass is 991 g/mol. The molecule has 0 atom stereocenters. The normalized spacial score (nSPS) is 15.2. The quantitative estimate of drug-likeness (QED) is 0.176. The highest BCUT2D eigenvalue weighted by molar-refractivity contribution is 5.98. The van der Waals surface area contributed by atoms with Crippen LogP contribution in [0, 0.1) is 0 Å². The van der Waals surface area contributed by atoms with Crippen LogP contribution in [-0.4, -0.2) is 0 Å². The van der Waals surface area contributed by atoms with Crippen LogP contribution in [-0.2, 0) is 16.2 Å². The van der Waals surface area contributed by atoms with Gasteiger partial charge in [0.25, 0.3) is 0 Å². The van der Waals surface area contributed by atoms with E-state index in [2.05, 4.69) is 278 Å². The van der Waals surface area contributed by atoms with E-state index in [1.807, 2.05) is 0 Å². The van der Waals surface area contributed by atoms with E-state index >= 15 is 0 Å². The van der Waals surface area contributed by atoms with Crippen LogP contribution in [0.15, 0.2) is 273 Å². The second kappa shape index (κ2) is 15.1. The second-order valence-electron chi connectivity index (χ2n) is 21.7. The summed E-state index contributed by atoms with van der Waals surface area (Å²) >= 11 is 0. The van der Waals surface area contributed by atoms with Crippen molar-refractivity contribution < 1.29 is 9.47 Å². The molecule has 3 spiro atoms. The third-order valence-corrected chi connectivity index (χ3v) is 18.4. The van der Waals surface area contributed by atoms with E-state index < -0.39 is 16.2 Å². The fraction of sp³-hybridized carbons (Fsp3) is 0.0400. The lowest BCUT2D eigenvalue weighted by Gasteiger charge is -2.40. The van der Waals surface area contributed by atoms with Crippen molar-refractivity contribution in [2.45, 2.75) is 16.2 Å². The largest absolute Gasteiger partial charge is 0.457 e. The highest BCUT2D eigenvalue weighted by atomic mass is 16.5. The Bertz CT molecular complexity index is 4270. The van der Waals surface area contributed by atoms with Gasteiger partial charge in [-0.05, 0) is 150 Å². The molecule has 0 saturated carbocycles. The lowest BCUT2D eigenvalue weighted by molar-refractivity contribution is 0.436. The molecule has 6 aliphatic rings. The number of rotatable bonds is 3. The molecule has 4 aliphatic carbocycles. The third-order valence-electron chi connectivity index (χ3n) is 18.4. The fourth-order valence-electron chi connectivity index (χ4n) is 15.6. The summed E-state index contributed by atoms with van der Waals surface area (Å²) in [6.45, 7) is 0. The molecule has 0 bridgehead atoms. The Morgan fingerprint density at radius 1 is 0.192 bits per heavy atom. The van der Waals surface area contributed by atoms with Crippen molar-refractivity contribution in [3.8, 4) is 67.5 Å². The molecular formula is C75H45NO2. The molecule has 0 amide bonds. The lowest BCUT2D eigenvalue weighted by atomic mass is 9.66. The molecular weight excluding hydrogens is 947 g/mol. The lowest BCUT2D eigenvalue weighted by Crippen LogP contribution is -2.32. The van der Waals surface area contributed by atoms with Gasteiger partial charge in [-0.3, -0.25) is 0 Å². The number of ether oxygens (including phenoxy) is 2. The minimum absolute atomic E-state index is 0.529. The second-order valence-corrected chi connectivity index (χ2v) is 21.7. The maximum Gasteiger partial charge on any atom is 0.132 e. The summed E-state index contributed by atoms with van der Waals surface area (Å²) in [5, 5.41) is 0. The molecule has 18 rings (SSSR count). The van der Waals surface area contributed by atoms with Gasteiger partial charge in [0.05, 0.1) is 16.2 Å². The summed E-state index contributed by atoms with van der Waals surface area (Å²) < 4.78 is 13.7. The molecule has 3 nitrogen and oxygen atoms in total. The van der Waals surface area contributed by atoms with Gasteiger partial charge in [0.15, 0.2) is 0 Å². The Labute approximate surface area is 452 Å². The Morgan fingerprint density at radius 2 is 0.397 bits per heavy atom. The van der Waals surface area contributed by atoms with E-state index in [4.69, 9.17) is 9.47 Å². The maximum absolute atomic E-state index is 6.83. The van der Waals surface area contributed by atoms with Gasteiger partial charge in [-0.1, -0.05) is 212 Å². The van der Waals surface area contributed by atoms with Crippen LogP contribution in [0.4, 0.5) is 17.1 Å². The van der Waals surface area contributed by atoms with Gasteiger partial charge in [-0.15, -0.1) is 0 Å². The molecule has 0 saturated heterocycles. The van der Waals surface area contributed by atoms with E-state index in [0.717, 1.165) is 62.3 Å². The van der Waals surface area contributed by atoms with Crippen LogP contribution in [0.2, 0.25) is 0 Å². The average molecular weight is 992 g/mol. The zero-order valence-electron chi connectivity index (χ0n) is 42.2. The molecule has 12 aromatic rings. The predicted molar refractivity (Wildman–Crippen MR) is 312 cm³/mol. The van der Waals surface area contributed by atoms with Crippen LogP contribution in [0.3, 0.4) is 0 Å². The Balaban J connectivity index is 0.943. The first kappa shape index (κ1) is 42.3. The fourth-order valence-corrected chi connectivity index (χ4v) is 15.6. The minimum atomic E-state index is -0.654. The van der Waals surface area contributed by atoms with Crippen LogP contribution < -0.4 is 14.4 Å². The topological polar surface area (TPSA) is 21.7 Å². The number of hydrogen-bond acceptors (Lipinski definition) is 3. The summed E-state index contributed by atoms with van der Waals surface area (Å²) in [6, 6.07) is 102. The predicted octanol–water partition coefficient (Wildman–Crippen LogP) is 18.4. The van der Waals surface area contributed by atoms with Crippen molar-refractivity contribution in [3.05, 3.63) is 340 Å². The average Bonchev–Trinajstić information content (AvgIpc) is 4.36. The van der Waals surface area contributed by atoms with Gasteiger partial charge in [-0.2, -0.15) is 0 Å². The van der Waals surface area contributed by atoms with E-state index in [1.165, 1.54) is 89.0 Å². The maximum atomic E-state index is 6.83. The molecule has 0 fully saturated rings. The first-order chi connectivity index (χ1) is 38.7. The Morgan fingerprint density at radius 3 is 0.667 bits per heavy atom. The van der Waals surface area contributed by atoms with Crippen LogP contribution in [0.25, 0.3) is 44.5 Å². The molecule has 0 radical (unpaired) electrons. The van der Waals surface area contributed by atoms with Crippen molar-refractivity contribution in [3.63, 3.8) is 0 Å². The highest BCUT2D eigenvalue weighted by Crippen LogP contribution is 2.67. The molecule has 3 heteroatoms. The summed E-state index contributed by atoms with van der Waals surface area (Å²) in [7, 11) is 0. The van der Waals surface area contributed by atoms with Gasteiger partial charge in [0, 0.05) is 39.3 Å². The van der Waals surface area contributed by atoms with Crippen molar-refractivity contribution in [2.24, 2.45) is 0 Å². The number of nitrogens with zero attached hydrogens (tertiary/aromatic N) is 1. The van der Waals surface area contributed by atoms with E-state index in [-0.39, 0.29) is 0 Å². The minimum Gasteiger partial charge on any atom is -0.457 e. The van der Waals surface area contributed by atoms with Crippen LogP contribution in [0.5, 0.6) is 23.0 Å². The zero-order valence-corrected chi connectivity index (χ0v) is 42.2. The molecule has 12 aromatic carbocycles. The van der Waals surface area contributed by atoms with E-state index in [0.29, 0.717) is 0 Å².